The number of carbonyl (C=O) groups is 2. The summed E-state index contributed by atoms with van der Waals surface area (Å²) >= 11 is 0. The number of ether oxygens (including phenoxy) is 3. The number of pyridine rings is 1. The molecule has 3 aromatic rings. The van der Waals surface area contributed by atoms with Crippen molar-refractivity contribution >= 4 is 17.5 Å². The average Bonchev–Trinajstić information content (AvgIpc) is 2.83. The minimum Gasteiger partial charge on any atom is -0.497 e. The average molecular weight is 447 g/mol. The number of anilines is 1. The molecule has 1 atom stereocenters. The summed E-state index contributed by atoms with van der Waals surface area (Å²) in [6, 6.07) is 17.0. The first-order chi connectivity index (χ1) is 16.0. The van der Waals surface area contributed by atoms with Crippen molar-refractivity contribution in [2.75, 3.05) is 19.0 Å². The Labute approximate surface area is 191 Å². The number of amides is 2. The first-order valence-corrected chi connectivity index (χ1v) is 10.6. The van der Waals surface area contributed by atoms with E-state index in [1.54, 1.807) is 19.2 Å². The van der Waals surface area contributed by atoms with Crippen LogP contribution in [-0.4, -0.2) is 30.5 Å². The van der Waals surface area contributed by atoms with E-state index in [9.17, 15) is 9.59 Å². The molecule has 0 spiro atoms. The smallest absolute Gasteiger partial charge is 0.243 e. The number of hydrogen-bond acceptors (Lipinski definition) is 6. The summed E-state index contributed by atoms with van der Waals surface area (Å²) < 4.78 is 17.4. The molecule has 2 heterocycles. The minimum absolute atomic E-state index is 0.0190. The quantitative estimate of drug-likeness (QED) is 0.568. The van der Waals surface area contributed by atoms with E-state index in [-0.39, 0.29) is 24.5 Å². The maximum atomic E-state index is 11.8. The summed E-state index contributed by atoms with van der Waals surface area (Å²) in [6.07, 6.45) is 3.20. The Morgan fingerprint density at radius 3 is 2.76 bits per heavy atom. The van der Waals surface area contributed by atoms with Crippen LogP contribution in [0.2, 0.25) is 0 Å². The van der Waals surface area contributed by atoms with Crippen LogP contribution in [0.15, 0.2) is 60.8 Å². The molecule has 0 aliphatic carbocycles. The van der Waals surface area contributed by atoms with Crippen molar-refractivity contribution in [1.82, 2.24) is 10.3 Å². The molecule has 1 aromatic heterocycles. The van der Waals surface area contributed by atoms with Crippen molar-refractivity contribution in [2.24, 2.45) is 0 Å². The van der Waals surface area contributed by atoms with Crippen LogP contribution in [0.3, 0.4) is 0 Å². The largest absolute Gasteiger partial charge is 0.497 e. The first kappa shape index (κ1) is 22.1. The number of rotatable bonds is 7. The topological polar surface area (TPSA) is 98.8 Å². The van der Waals surface area contributed by atoms with E-state index in [0.29, 0.717) is 17.3 Å². The summed E-state index contributed by atoms with van der Waals surface area (Å²) in [5.41, 5.74) is 2.68. The fraction of sp³-hybridized carbons (Fsp3) is 0.240. The molecular weight excluding hydrogens is 422 g/mol. The summed E-state index contributed by atoms with van der Waals surface area (Å²) in [6.45, 7) is 1.26. The van der Waals surface area contributed by atoms with E-state index in [4.69, 9.17) is 14.2 Å². The van der Waals surface area contributed by atoms with E-state index in [2.05, 4.69) is 15.6 Å². The van der Waals surface area contributed by atoms with Gasteiger partial charge in [-0.05, 0) is 60.4 Å². The SMILES string of the molecule is COc1cccc(C2CCc3cc(Oc4ccc(NC(=O)CNC(C)=O)cn4)ccc3O2)c1. The molecule has 8 nitrogen and oxygen atoms in total. The van der Waals surface area contributed by atoms with E-state index in [1.807, 2.05) is 42.5 Å². The van der Waals surface area contributed by atoms with Crippen molar-refractivity contribution in [2.45, 2.75) is 25.9 Å². The molecule has 4 rings (SSSR count). The van der Waals surface area contributed by atoms with Gasteiger partial charge >= 0.3 is 0 Å². The molecule has 1 unspecified atom stereocenters. The van der Waals surface area contributed by atoms with Crippen LogP contribution in [0, 0.1) is 0 Å². The lowest BCUT2D eigenvalue weighted by Gasteiger charge is -2.27. The molecule has 2 aromatic carbocycles. The summed E-state index contributed by atoms with van der Waals surface area (Å²) in [5.74, 6) is 2.12. The Morgan fingerprint density at radius 1 is 1.12 bits per heavy atom. The molecule has 0 saturated carbocycles. The maximum absolute atomic E-state index is 11.8. The predicted molar refractivity (Wildman–Crippen MR) is 123 cm³/mol. The number of nitrogens with zero attached hydrogens (tertiary/aromatic N) is 1. The van der Waals surface area contributed by atoms with Crippen LogP contribution in [0.4, 0.5) is 5.69 Å². The van der Waals surface area contributed by atoms with Crippen LogP contribution >= 0.6 is 0 Å². The highest BCUT2D eigenvalue weighted by molar-refractivity contribution is 5.94. The van der Waals surface area contributed by atoms with E-state index in [0.717, 1.165) is 35.5 Å². The van der Waals surface area contributed by atoms with Crippen LogP contribution in [0.5, 0.6) is 23.1 Å². The van der Waals surface area contributed by atoms with Gasteiger partial charge in [0.2, 0.25) is 17.7 Å². The zero-order valence-electron chi connectivity index (χ0n) is 18.5. The van der Waals surface area contributed by atoms with Gasteiger partial charge < -0.3 is 24.8 Å². The Kier molecular flexibility index (Phi) is 6.73. The third-order valence-electron chi connectivity index (χ3n) is 5.18. The number of methoxy groups -OCH3 is 1. The van der Waals surface area contributed by atoms with Gasteiger partial charge in [0, 0.05) is 13.0 Å². The van der Waals surface area contributed by atoms with Gasteiger partial charge in [-0.1, -0.05) is 12.1 Å². The van der Waals surface area contributed by atoms with Crippen molar-refractivity contribution in [3.05, 3.63) is 71.9 Å². The molecule has 0 saturated heterocycles. The second kappa shape index (κ2) is 10.0. The normalized spacial score (nSPS) is 14.4. The lowest BCUT2D eigenvalue weighted by Crippen LogP contribution is -2.31. The van der Waals surface area contributed by atoms with Gasteiger partial charge in [-0.25, -0.2) is 4.98 Å². The molecule has 0 bridgehead atoms. The number of carbonyl (C=O) groups excluding carboxylic acids is 2. The van der Waals surface area contributed by atoms with Crippen molar-refractivity contribution in [1.29, 1.82) is 0 Å². The molecular formula is C25H25N3O5. The predicted octanol–water partition coefficient (Wildman–Crippen LogP) is 4.02. The molecule has 170 valence electrons. The second-order valence-corrected chi connectivity index (χ2v) is 7.64. The molecule has 1 aliphatic rings. The van der Waals surface area contributed by atoms with Gasteiger partial charge in [0.25, 0.3) is 0 Å². The number of hydrogen-bond donors (Lipinski definition) is 2. The highest BCUT2D eigenvalue weighted by Gasteiger charge is 2.22. The maximum Gasteiger partial charge on any atom is 0.243 e. The minimum atomic E-state index is -0.331. The van der Waals surface area contributed by atoms with Crippen LogP contribution in [-0.2, 0) is 16.0 Å². The third kappa shape index (κ3) is 5.79. The fourth-order valence-electron chi connectivity index (χ4n) is 3.55. The summed E-state index contributed by atoms with van der Waals surface area (Å²) in [4.78, 5) is 26.9. The number of aromatic nitrogens is 1. The molecule has 8 heteroatoms. The van der Waals surface area contributed by atoms with Gasteiger partial charge in [-0.2, -0.15) is 0 Å². The van der Waals surface area contributed by atoms with Crippen LogP contribution in [0.25, 0.3) is 0 Å². The molecule has 0 fully saturated rings. The van der Waals surface area contributed by atoms with Gasteiger partial charge in [-0.15, -0.1) is 0 Å². The number of fused-ring (bicyclic) bond motifs is 1. The summed E-state index contributed by atoms with van der Waals surface area (Å²) in [5, 5.41) is 5.10. The standard InChI is InChI=1S/C25H25N3O5/c1-16(29)26-15-24(30)28-19-7-11-25(27-14-19)32-21-8-10-23-18(13-21)6-9-22(33-23)17-4-3-5-20(12-17)31-2/h3-5,7-8,10-14,22H,6,9,15H2,1-2H3,(H,26,29)(H,28,30). The Hall–Kier alpha value is -4.07. The van der Waals surface area contributed by atoms with Crippen molar-refractivity contribution in [3.63, 3.8) is 0 Å². The van der Waals surface area contributed by atoms with E-state index >= 15 is 0 Å². The number of benzene rings is 2. The zero-order chi connectivity index (χ0) is 23.2. The lowest BCUT2D eigenvalue weighted by molar-refractivity contribution is -0.122. The summed E-state index contributed by atoms with van der Waals surface area (Å²) in [7, 11) is 1.66. The van der Waals surface area contributed by atoms with Crippen molar-refractivity contribution < 1.29 is 23.8 Å². The lowest BCUT2D eigenvalue weighted by atomic mass is 9.97. The van der Waals surface area contributed by atoms with E-state index < -0.39 is 0 Å². The first-order valence-electron chi connectivity index (χ1n) is 10.6. The highest BCUT2D eigenvalue weighted by Crippen LogP contribution is 2.38. The van der Waals surface area contributed by atoms with Crippen LogP contribution < -0.4 is 24.8 Å². The fourth-order valence-corrected chi connectivity index (χ4v) is 3.55. The van der Waals surface area contributed by atoms with Crippen LogP contribution in [0.1, 0.15) is 30.6 Å². The Balaban J connectivity index is 1.37. The van der Waals surface area contributed by atoms with Crippen molar-refractivity contribution in [3.8, 4) is 23.1 Å². The van der Waals surface area contributed by atoms with Gasteiger partial charge in [0.15, 0.2) is 0 Å². The number of aryl methyl sites for hydroxylation is 1. The molecule has 1 aliphatic heterocycles. The molecule has 0 radical (unpaired) electrons. The Bertz CT molecular complexity index is 1150. The third-order valence-corrected chi connectivity index (χ3v) is 5.18. The van der Waals surface area contributed by atoms with Gasteiger partial charge in [0.05, 0.1) is 25.5 Å². The van der Waals surface area contributed by atoms with E-state index in [1.165, 1.54) is 13.1 Å². The monoisotopic (exact) mass is 447 g/mol. The van der Waals surface area contributed by atoms with Gasteiger partial charge in [-0.3, -0.25) is 9.59 Å². The highest BCUT2D eigenvalue weighted by atomic mass is 16.5. The van der Waals surface area contributed by atoms with Gasteiger partial charge in [0.1, 0.15) is 23.4 Å². The molecule has 2 amide bonds. The molecule has 2 N–H and O–H groups in total. The zero-order valence-corrected chi connectivity index (χ0v) is 18.5. The Morgan fingerprint density at radius 2 is 2.00 bits per heavy atom. The second-order valence-electron chi connectivity index (χ2n) is 7.64. The number of nitrogens with one attached hydrogen (secondary N) is 2. The molecule has 33 heavy (non-hydrogen) atoms.